The third-order valence-electron chi connectivity index (χ3n) is 7.65. The zero-order chi connectivity index (χ0) is 29.5. The van der Waals surface area contributed by atoms with Crippen LogP contribution in [0.3, 0.4) is 0 Å². The van der Waals surface area contributed by atoms with Crippen LogP contribution in [0.5, 0.6) is 0 Å². The van der Waals surface area contributed by atoms with Gasteiger partial charge in [0.1, 0.15) is 5.60 Å². The lowest BCUT2D eigenvalue weighted by Crippen LogP contribution is -2.35. The molecule has 0 aliphatic carbocycles. The van der Waals surface area contributed by atoms with E-state index in [2.05, 4.69) is 68.2 Å². The van der Waals surface area contributed by atoms with Crippen molar-refractivity contribution in [3.63, 3.8) is 0 Å². The molecule has 2 aliphatic heterocycles. The van der Waals surface area contributed by atoms with Gasteiger partial charge in [0, 0.05) is 37.0 Å². The van der Waals surface area contributed by atoms with Gasteiger partial charge in [-0.05, 0) is 76.4 Å². The summed E-state index contributed by atoms with van der Waals surface area (Å²) in [6.45, 7) is 14.8. The first-order valence-electron chi connectivity index (χ1n) is 14.8. The molecule has 1 N–H and O–H groups in total. The van der Waals surface area contributed by atoms with Crippen molar-refractivity contribution in [3.8, 4) is 22.4 Å². The fourth-order valence-electron chi connectivity index (χ4n) is 5.42. The number of carbonyl (C=O) groups is 1. The molecule has 2 aromatic carbocycles. The Kier molecular flexibility index (Phi) is 9.62. The van der Waals surface area contributed by atoms with E-state index in [-0.39, 0.29) is 5.60 Å². The monoisotopic (exact) mass is 570 g/mol. The number of hydrogen-bond acceptors (Lipinski definition) is 8. The zero-order valence-corrected chi connectivity index (χ0v) is 25.2. The van der Waals surface area contributed by atoms with Crippen LogP contribution in [0.2, 0.25) is 0 Å². The van der Waals surface area contributed by atoms with Crippen molar-refractivity contribution >= 4 is 17.5 Å². The first kappa shape index (κ1) is 29.8. The molecule has 9 nitrogen and oxygen atoms in total. The van der Waals surface area contributed by atoms with Gasteiger partial charge < -0.3 is 14.8 Å². The van der Waals surface area contributed by atoms with Crippen molar-refractivity contribution in [2.24, 2.45) is 0 Å². The molecule has 0 atom stereocenters. The van der Waals surface area contributed by atoms with Gasteiger partial charge in [-0.2, -0.15) is 5.10 Å². The summed E-state index contributed by atoms with van der Waals surface area (Å²) < 4.78 is 12.1. The van der Waals surface area contributed by atoms with Gasteiger partial charge in [-0.1, -0.05) is 30.3 Å². The first-order chi connectivity index (χ1) is 20.3. The van der Waals surface area contributed by atoms with Gasteiger partial charge in [0.2, 0.25) is 0 Å². The van der Waals surface area contributed by atoms with Gasteiger partial charge in [-0.15, -0.1) is 0 Å². The van der Waals surface area contributed by atoms with Crippen molar-refractivity contribution in [3.05, 3.63) is 66.1 Å². The molecular formula is C33H42N6O3. The SMILES string of the molecule is CC(C)(C)OC=O.Cc1cc(CN2CCOCC2)ccc1-c1cccc2ncc(-c3cnn(C4CCNCC4)c3)nc12. The molecule has 0 unspecified atom stereocenters. The number of aromatic nitrogens is 4. The second kappa shape index (κ2) is 13.5. The minimum atomic E-state index is -0.318. The molecule has 2 aliphatic rings. The van der Waals surface area contributed by atoms with Gasteiger partial charge in [0.15, 0.2) is 0 Å². The number of rotatable bonds is 6. The number of nitrogens with one attached hydrogen (secondary N) is 1. The smallest absolute Gasteiger partial charge is 0.293 e. The molecule has 2 aromatic heterocycles. The van der Waals surface area contributed by atoms with E-state index in [1.54, 1.807) is 0 Å². The summed E-state index contributed by atoms with van der Waals surface area (Å²) in [6.07, 6.45) is 8.13. The highest BCUT2D eigenvalue weighted by Crippen LogP contribution is 2.31. The minimum absolute atomic E-state index is 0.318. The molecule has 0 spiro atoms. The third-order valence-corrected chi connectivity index (χ3v) is 7.65. The van der Waals surface area contributed by atoms with Crippen LogP contribution < -0.4 is 5.32 Å². The quantitative estimate of drug-likeness (QED) is 0.317. The number of hydrogen-bond donors (Lipinski definition) is 1. The highest BCUT2D eigenvalue weighted by molar-refractivity contribution is 5.93. The predicted octanol–water partition coefficient (Wildman–Crippen LogP) is 5.18. The number of carbonyl (C=O) groups excluding carboxylic acids is 1. The number of piperidine rings is 1. The van der Waals surface area contributed by atoms with Crippen LogP contribution in [0, 0.1) is 6.92 Å². The average molecular weight is 571 g/mol. The number of para-hydroxylation sites is 1. The third kappa shape index (κ3) is 7.59. The van der Waals surface area contributed by atoms with E-state index in [9.17, 15) is 4.79 Å². The van der Waals surface area contributed by atoms with E-state index in [1.807, 2.05) is 39.2 Å². The normalized spacial score (nSPS) is 16.6. The van der Waals surface area contributed by atoms with E-state index in [0.717, 1.165) is 86.6 Å². The lowest BCUT2D eigenvalue weighted by atomic mass is 9.97. The summed E-state index contributed by atoms with van der Waals surface area (Å²) in [5, 5.41) is 8.08. The highest BCUT2D eigenvalue weighted by Gasteiger charge is 2.18. The van der Waals surface area contributed by atoms with Crippen LogP contribution in [0.4, 0.5) is 0 Å². The number of benzene rings is 2. The molecular weight excluding hydrogens is 528 g/mol. The highest BCUT2D eigenvalue weighted by atomic mass is 16.5. The minimum Gasteiger partial charge on any atom is -0.462 e. The van der Waals surface area contributed by atoms with Crippen LogP contribution in [-0.2, 0) is 20.8 Å². The van der Waals surface area contributed by atoms with Gasteiger partial charge in [0.05, 0.1) is 48.4 Å². The lowest BCUT2D eigenvalue weighted by Gasteiger charge is -2.26. The standard InChI is InChI=1S/C28H32N6O.C5H10O2/c1-20-15-21(18-33-11-13-35-14-12-33)5-6-24(20)25-3-2-4-26-28(25)32-27(17-30-26)22-16-31-34(19-22)23-7-9-29-10-8-23;1-5(2,3)7-4-6/h2-6,15-17,19,23,29H,7-14,18H2,1H3;4H,1-3H3. The maximum atomic E-state index is 9.60. The Hall–Kier alpha value is -3.66. The van der Waals surface area contributed by atoms with Crippen LogP contribution in [0.1, 0.15) is 50.8 Å². The predicted molar refractivity (Wildman–Crippen MR) is 165 cm³/mol. The molecule has 0 bridgehead atoms. The van der Waals surface area contributed by atoms with Gasteiger partial charge >= 0.3 is 0 Å². The molecule has 2 fully saturated rings. The molecule has 0 radical (unpaired) electrons. The van der Waals surface area contributed by atoms with Crippen LogP contribution in [0.25, 0.3) is 33.4 Å². The van der Waals surface area contributed by atoms with Gasteiger partial charge in [-0.25, -0.2) is 4.98 Å². The molecule has 4 aromatic rings. The van der Waals surface area contributed by atoms with E-state index in [0.29, 0.717) is 12.5 Å². The number of fused-ring (bicyclic) bond motifs is 1. The topological polar surface area (TPSA) is 94.4 Å². The van der Waals surface area contributed by atoms with E-state index in [4.69, 9.17) is 14.7 Å². The Morgan fingerprint density at radius 2 is 1.86 bits per heavy atom. The van der Waals surface area contributed by atoms with Crippen molar-refractivity contribution in [1.29, 1.82) is 0 Å². The Bertz CT molecular complexity index is 1480. The fraction of sp³-hybridized carbons (Fsp3) is 0.455. The Morgan fingerprint density at radius 1 is 1.07 bits per heavy atom. The van der Waals surface area contributed by atoms with Crippen LogP contribution >= 0.6 is 0 Å². The molecule has 9 heteroatoms. The summed E-state index contributed by atoms with van der Waals surface area (Å²) in [5.74, 6) is 0. The summed E-state index contributed by atoms with van der Waals surface area (Å²) in [6, 6.07) is 13.5. The number of nitrogens with zero attached hydrogens (tertiary/aromatic N) is 5. The van der Waals surface area contributed by atoms with Crippen molar-refractivity contribution < 1.29 is 14.3 Å². The van der Waals surface area contributed by atoms with Gasteiger partial charge in [-0.3, -0.25) is 19.4 Å². The van der Waals surface area contributed by atoms with E-state index < -0.39 is 0 Å². The summed E-state index contributed by atoms with van der Waals surface area (Å²) in [5.41, 5.74) is 8.34. The van der Waals surface area contributed by atoms with Crippen molar-refractivity contribution in [2.75, 3.05) is 39.4 Å². The lowest BCUT2D eigenvalue weighted by molar-refractivity contribution is -0.138. The Balaban J connectivity index is 0.000000451. The molecule has 4 heterocycles. The average Bonchev–Trinajstić information content (AvgIpc) is 3.48. The van der Waals surface area contributed by atoms with Gasteiger partial charge in [0.25, 0.3) is 6.47 Å². The Morgan fingerprint density at radius 3 is 2.55 bits per heavy atom. The molecule has 2 saturated heterocycles. The Labute approximate surface area is 248 Å². The maximum Gasteiger partial charge on any atom is 0.293 e. The summed E-state index contributed by atoms with van der Waals surface area (Å²) >= 11 is 0. The van der Waals surface area contributed by atoms with E-state index in [1.165, 1.54) is 16.7 Å². The largest absolute Gasteiger partial charge is 0.462 e. The number of ether oxygens (including phenoxy) is 2. The number of morpholine rings is 1. The zero-order valence-electron chi connectivity index (χ0n) is 25.2. The summed E-state index contributed by atoms with van der Waals surface area (Å²) in [4.78, 5) is 21.9. The summed E-state index contributed by atoms with van der Waals surface area (Å²) in [7, 11) is 0. The fourth-order valence-corrected chi connectivity index (χ4v) is 5.42. The molecule has 0 amide bonds. The second-order valence-corrected chi connectivity index (χ2v) is 12.0. The maximum absolute atomic E-state index is 9.60. The van der Waals surface area contributed by atoms with Crippen LogP contribution in [0.15, 0.2) is 55.0 Å². The van der Waals surface area contributed by atoms with E-state index >= 15 is 0 Å². The molecule has 6 rings (SSSR count). The molecule has 222 valence electrons. The number of aryl methyl sites for hydroxylation is 1. The molecule has 42 heavy (non-hydrogen) atoms. The first-order valence-corrected chi connectivity index (χ1v) is 14.8. The van der Waals surface area contributed by atoms with Crippen molar-refractivity contribution in [2.45, 2.75) is 58.7 Å². The molecule has 0 saturated carbocycles. The van der Waals surface area contributed by atoms with Crippen molar-refractivity contribution in [1.82, 2.24) is 30.0 Å². The second-order valence-electron chi connectivity index (χ2n) is 12.0. The van der Waals surface area contributed by atoms with Crippen LogP contribution in [-0.4, -0.2) is 76.1 Å².